The van der Waals surface area contributed by atoms with Crippen molar-refractivity contribution in [2.45, 2.75) is 6.92 Å². The molecule has 24 heavy (non-hydrogen) atoms. The molecular weight excluding hydrogens is 313 g/mol. The number of fused-ring (bicyclic) bond motifs is 1. The summed E-state index contributed by atoms with van der Waals surface area (Å²) in [6.07, 6.45) is -0.669. The van der Waals surface area contributed by atoms with Gasteiger partial charge in [-0.1, -0.05) is 12.1 Å². The van der Waals surface area contributed by atoms with Crippen LogP contribution < -0.4 is 5.43 Å². The molecule has 1 heterocycles. The van der Waals surface area contributed by atoms with Gasteiger partial charge in [-0.15, -0.1) is 0 Å². The smallest absolute Gasteiger partial charge is 0.418 e. The summed E-state index contributed by atoms with van der Waals surface area (Å²) in [5.74, 6) is -1.35. The molecule has 0 amide bonds. The van der Waals surface area contributed by atoms with Crippen molar-refractivity contribution in [1.82, 2.24) is 4.57 Å². The van der Waals surface area contributed by atoms with Gasteiger partial charge in [0.05, 0.1) is 17.8 Å². The number of phenolic OH excluding ortho intramolecular Hbond substituents is 1. The van der Waals surface area contributed by atoms with Gasteiger partial charge >= 0.3 is 6.09 Å². The normalized spacial score (nSPS) is 10.8. The van der Waals surface area contributed by atoms with Crippen molar-refractivity contribution in [3.8, 4) is 17.0 Å². The van der Waals surface area contributed by atoms with Crippen molar-refractivity contribution in [2.75, 3.05) is 6.61 Å². The second-order valence-corrected chi connectivity index (χ2v) is 5.11. The van der Waals surface area contributed by atoms with Gasteiger partial charge in [0, 0.05) is 17.0 Å². The van der Waals surface area contributed by atoms with Crippen molar-refractivity contribution in [2.24, 2.45) is 0 Å². The van der Waals surface area contributed by atoms with Crippen molar-refractivity contribution < 1.29 is 19.0 Å². The zero-order chi connectivity index (χ0) is 17.3. The molecule has 3 rings (SSSR count). The minimum atomic E-state index is -0.844. The van der Waals surface area contributed by atoms with E-state index >= 15 is 0 Å². The minimum absolute atomic E-state index is 0.155. The molecular formula is C18H14FNO4. The zero-order valence-corrected chi connectivity index (χ0v) is 12.8. The van der Waals surface area contributed by atoms with Gasteiger partial charge in [-0.3, -0.25) is 4.79 Å². The van der Waals surface area contributed by atoms with E-state index in [4.69, 9.17) is 4.74 Å². The van der Waals surface area contributed by atoms with E-state index in [9.17, 15) is 19.1 Å². The summed E-state index contributed by atoms with van der Waals surface area (Å²) in [6, 6.07) is 11.5. The molecule has 3 aromatic rings. The molecule has 0 bridgehead atoms. The second kappa shape index (κ2) is 6.16. The van der Waals surface area contributed by atoms with E-state index in [0.717, 1.165) is 6.07 Å². The Balaban J connectivity index is 2.37. The number of halogens is 1. The fourth-order valence-corrected chi connectivity index (χ4v) is 2.54. The van der Waals surface area contributed by atoms with Crippen LogP contribution in [0.2, 0.25) is 0 Å². The lowest BCUT2D eigenvalue weighted by atomic mass is 10.1. The Labute approximate surface area is 136 Å². The third kappa shape index (κ3) is 2.62. The predicted octanol–water partition coefficient (Wildman–Crippen LogP) is 3.52. The summed E-state index contributed by atoms with van der Waals surface area (Å²) in [7, 11) is 0. The molecule has 2 aromatic carbocycles. The number of rotatable bonds is 2. The highest BCUT2D eigenvalue weighted by Gasteiger charge is 2.18. The summed E-state index contributed by atoms with van der Waals surface area (Å²) in [5.41, 5.74) is 0.541. The lowest BCUT2D eigenvalue weighted by Crippen LogP contribution is -2.20. The van der Waals surface area contributed by atoms with E-state index in [1.54, 1.807) is 31.2 Å². The lowest BCUT2D eigenvalue weighted by molar-refractivity contribution is 0.155. The third-order valence-corrected chi connectivity index (χ3v) is 3.61. The van der Waals surface area contributed by atoms with Crippen molar-refractivity contribution in [3.63, 3.8) is 0 Å². The van der Waals surface area contributed by atoms with Crippen LogP contribution >= 0.6 is 0 Å². The number of hydrogen-bond acceptors (Lipinski definition) is 4. The highest BCUT2D eigenvalue weighted by Crippen LogP contribution is 2.26. The largest absolute Gasteiger partial charge is 0.505 e. The number of hydrogen-bond donors (Lipinski definition) is 1. The Morgan fingerprint density at radius 2 is 1.96 bits per heavy atom. The monoisotopic (exact) mass is 327 g/mol. The molecule has 1 aromatic heterocycles. The summed E-state index contributed by atoms with van der Waals surface area (Å²) >= 11 is 0. The molecule has 0 saturated carbocycles. The van der Waals surface area contributed by atoms with Gasteiger partial charge in [0.15, 0.2) is 17.0 Å². The van der Waals surface area contributed by atoms with Gasteiger partial charge in [-0.25, -0.2) is 13.8 Å². The van der Waals surface area contributed by atoms with Gasteiger partial charge in [-0.2, -0.15) is 0 Å². The first kappa shape index (κ1) is 15.7. The fraction of sp³-hybridized carbons (Fsp3) is 0.111. The summed E-state index contributed by atoms with van der Waals surface area (Å²) in [4.78, 5) is 24.8. The van der Waals surface area contributed by atoms with Crippen LogP contribution in [0.15, 0.2) is 53.3 Å². The summed E-state index contributed by atoms with van der Waals surface area (Å²) in [6.45, 7) is 1.82. The van der Waals surface area contributed by atoms with E-state index in [0.29, 0.717) is 10.9 Å². The second-order valence-electron chi connectivity index (χ2n) is 5.11. The number of ether oxygens (including phenoxy) is 1. The number of nitrogens with zero attached hydrogens (tertiary/aromatic N) is 1. The first-order valence-electron chi connectivity index (χ1n) is 7.33. The number of para-hydroxylation sites is 1. The minimum Gasteiger partial charge on any atom is -0.505 e. The first-order chi connectivity index (χ1) is 11.5. The molecule has 0 atom stereocenters. The Morgan fingerprint density at radius 3 is 2.67 bits per heavy atom. The molecule has 122 valence electrons. The van der Waals surface area contributed by atoms with Crippen LogP contribution in [-0.2, 0) is 4.74 Å². The Kier molecular flexibility index (Phi) is 4.04. The molecule has 0 aliphatic heterocycles. The summed E-state index contributed by atoms with van der Waals surface area (Å²) in [5, 5.41) is 9.70. The topological polar surface area (TPSA) is 68.5 Å². The van der Waals surface area contributed by atoms with E-state index < -0.39 is 17.7 Å². The van der Waals surface area contributed by atoms with Crippen LogP contribution in [0.5, 0.6) is 5.75 Å². The molecule has 6 heteroatoms. The number of pyridine rings is 1. The molecule has 0 fully saturated rings. The highest BCUT2D eigenvalue weighted by molar-refractivity contribution is 5.92. The van der Waals surface area contributed by atoms with E-state index in [2.05, 4.69) is 0 Å². The van der Waals surface area contributed by atoms with Gasteiger partial charge in [0.1, 0.15) is 0 Å². The number of aromatic nitrogens is 1. The molecule has 0 radical (unpaired) electrons. The van der Waals surface area contributed by atoms with Gasteiger partial charge in [0.2, 0.25) is 0 Å². The zero-order valence-electron chi connectivity index (χ0n) is 12.8. The average Bonchev–Trinajstić information content (AvgIpc) is 2.57. The average molecular weight is 327 g/mol. The molecule has 0 unspecified atom stereocenters. The predicted molar refractivity (Wildman–Crippen MR) is 87.7 cm³/mol. The first-order valence-corrected chi connectivity index (χ1v) is 7.33. The van der Waals surface area contributed by atoms with Crippen LogP contribution in [0.4, 0.5) is 9.18 Å². The summed E-state index contributed by atoms with van der Waals surface area (Å²) < 4.78 is 20.0. The number of carbonyl (C=O) groups excluding carboxylic acids is 1. The van der Waals surface area contributed by atoms with Crippen LogP contribution in [0.25, 0.3) is 22.2 Å². The SMILES string of the molecule is CCOC(=O)n1c(-c2ccc(O)c(F)c2)cc(=O)c2ccccc21. The van der Waals surface area contributed by atoms with Crippen LogP contribution in [0, 0.1) is 5.82 Å². The molecule has 5 nitrogen and oxygen atoms in total. The number of phenols is 1. The Hall–Kier alpha value is -3.15. The third-order valence-electron chi connectivity index (χ3n) is 3.61. The van der Waals surface area contributed by atoms with Gasteiger partial charge in [-0.05, 0) is 37.3 Å². The van der Waals surface area contributed by atoms with Crippen molar-refractivity contribution >= 4 is 17.0 Å². The maximum atomic E-state index is 13.7. The molecule has 0 aliphatic carbocycles. The Morgan fingerprint density at radius 1 is 1.21 bits per heavy atom. The van der Waals surface area contributed by atoms with Crippen LogP contribution in [0.3, 0.4) is 0 Å². The maximum Gasteiger partial charge on any atom is 0.418 e. The van der Waals surface area contributed by atoms with E-state index in [1.165, 1.54) is 22.8 Å². The Bertz CT molecular complexity index is 994. The van der Waals surface area contributed by atoms with Crippen molar-refractivity contribution in [3.05, 3.63) is 64.6 Å². The van der Waals surface area contributed by atoms with Crippen LogP contribution in [0.1, 0.15) is 6.92 Å². The van der Waals surface area contributed by atoms with Gasteiger partial charge in [0.25, 0.3) is 0 Å². The highest BCUT2D eigenvalue weighted by atomic mass is 19.1. The van der Waals surface area contributed by atoms with Gasteiger partial charge < -0.3 is 9.84 Å². The van der Waals surface area contributed by atoms with Crippen LogP contribution in [-0.4, -0.2) is 22.4 Å². The molecule has 0 spiro atoms. The molecule has 1 N–H and O–H groups in total. The molecule has 0 saturated heterocycles. The number of aromatic hydroxyl groups is 1. The standard InChI is InChI=1S/C18H14FNO4/c1-2-24-18(23)20-14-6-4-3-5-12(14)17(22)10-15(20)11-7-8-16(21)13(19)9-11/h3-10,21H,2H2,1H3. The van der Waals surface area contributed by atoms with E-state index in [1.807, 2.05) is 0 Å². The van der Waals surface area contributed by atoms with E-state index in [-0.39, 0.29) is 23.3 Å². The quantitative estimate of drug-likeness (QED) is 0.782. The lowest BCUT2D eigenvalue weighted by Gasteiger charge is -2.15. The molecule has 0 aliphatic rings. The number of benzene rings is 2. The maximum absolute atomic E-state index is 13.7. The number of carbonyl (C=O) groups is 1. The fourth-order valence-electron chi connectivity index (χ4n) is 2.54. The van der Waals surface area contributed by atoms with Crippen molar-refractivity contribution in [1.29, 1.82) is 0 Å².